The summed E-state index contributed by atoms with van der Waals surface area (Å²) in [5, 5.41) is 29.2. The third-order valence-electron chi connectivity index (χ3n) is 5.52. The van der Waals surface area contributed by atoms with Gasteiger partial charge in [-0.1, -0.05) is 13.8 Å². The maximum absolute atomic E-state index is 9.75. The minimum absolute atomic E-state index is 0.0582. The van der Waals surface area contributed by atoms with E-state index in [0.29, 0.717) is 18.1 Å². The molecule has 0 saturated carbocycles. The van der Waals surface area contributed by atoms with Crippen molar-refractivity contribution < 1.29 is 0 Å². The molecule has 0 saturated heterocycles. The lowest BCUT2D eigenvalue weighted by Gasteiger charge is -2.25. The maximum atomic E-state index is 9.75. The van der Waals surface area contributed by atoms with Crippen molar-refractivity contribution in [3.05, 3.63) is 45.7 Å². The van der Waals surface area contributed by atoms with E-state index in [4.69, 9.17) is 5.41 Å². The Labute approximate surface area is 176 Å². The fourth-order valence-corrected chi connectivity index (χ4v) is 5.46. The van der Waals surface area contributed by atoms with Gasteiger partial charge >= 0.3 is 0 Å². The summed E-state index contributed by atoms with van der Waals surface area (Å²) in [6.45, 7) is 8.23. The van der Waals surface area contributed by atoms with Crippen LogP contribution >= 0.6 is 11.8 Å². The zero-order valence-electron chi connectivity index (χ0n) is 17.7. The number of thioether (sulfide) groups is 1. The lowest BCUT2D eigenvalue weighted by Crippen LogP contribution is -2.37. The SMILES string of the molecule is CCC(CC)/C(=C/C(C)=N)C1NC(C)=C(C2=C(C#N)CC(c3ncnn3C)S2)N1. The van der Waals surface area contributed by atoms with Gasteiger partial charge in [0.1, 0.15) is 18.3 Å². The molecule has 0 fully saturated rings. The number of hydrogen-bond acceptors (Lipinski definition) is 7. The average molecular weight is 412 g/mol. The molecule has 8 heteroatoms. The van der Waals surface area contributed by atoms with Crippen molar-refractivity contribution in [1.29, 1.82) is 10.7 Å². The minimum atomic E-state index is -0.0582. The van der Waals surface area contributed by atoms with E-state index in [1.54, 1.807) is 22.8 Å². The predicted octanol–water partition coefficient (Wildman–Crippen LogP) is 3.92. The van der Waals surface area contributed by atoms with Gasteiger partial charge in [0.25, 0.3) is 0 Å². The molecule has 7 nitrogen and oxygen atoms in total. The molecule has 0 bridgehead atoms. The molecular weight excluding hydrogens is 382 g/mol. The smallest absolute Gasteiger partial charge is 0.140 e. The average Bonchev–Trinajstić information content (AvgIpc) is 3.39. The largest absolute Gasteiger partial charge is 0.364 e. The fraction of sp³-hybridized carbons (Fsp3) is 0.524. The molecule has 1 aromatic heterocycles. The van der Waals surface area contributed by atoms with Crippen LogP contribution in [0.4, 0.5) is 0 Å². The van der Waals surface area contributed by atoms with E-state index < -0.39 is 0 Å². The first kappa shape index (κ1) is 21.2. The number of aryl methyl sites for hydroxylation is 1. The van der Waals surface area contributed by atoms with Gasteiger partial charge in [0.2, 0.25) is 0 Å². The molecule has 0 amide bonds. The summed E-state index contributed by atoms with van der Waals surface area (Å²) in [5.41, 5.74) is 4.55. The van der Waals surface area contributed by atoms with E-state index in [2.05, 4.69) is 40.6 Å². The van der Waals surface area contributed by atoms with Crippen LogP contribution in [0, 0.1) is 22.7 Å². The summed E-state index contributed by atoms with van der Waals surface area (Å²) in [5.74, 6) is 1.29. The molecular formula is C21H29N7S. The first-order valence-corrected chi connectivity index (χ1v) is 10.9. The number of nitrogens with zero attached hydrogens (tertiary/aromatic N) is 4. The van der Waals surface area contributed by atoms with Gasteiger partial charge in [-0.15, -0.1) is 11.8 Å². The van der Waals surface area contributed by atoms with E-state index in [1.165, 1.54) is 5.57 Å². The zero-order chi connectivity index (χ0) is 21.1. The molecule has 3 N–H and O–H groups in total. The number of aromatic nitrogens is 3. The van der Waals surface area contributed by atoms with Gasteiger partial charge in [-0.3, -0.25) is 4.68 Å². The molecule has 2 aliphatic rings. The zero-order valence-corrected chi connectivity index (χ0v) is 18.5. The van der Waals surface area contributed by atoms with Gasteiger partial charge in [0.15, 0.2) is 0 Å². The standard InChI is InChI=1S/C21H29N7S/c1-6-14(7-2)16(8-12(3)23)20-26-13(4)18(27-20)19-15(10-22)9-17(29-19)21-24-11-25-28(21)5/h8,11,14,17,20,23,26-27H,6-7,9H2,1-5H3/b16-8-,23-12?. The molecule has 0 spiro atoms. The van der Waals surface area contributed by atoms with Crippen LogP contribution in [0.25, 0.3) is 0 Å². The van der Waals surface area contributed by atoms with E-state index in [-0.39, 0.29) is 11.4 Å². The van der Waals surface area contributed by atoms with Crippen LogP contribution in [-0.2, 0) is 7.05 Å². The quantitative estimate of drug-likeness (QED) is 0.588. The van der Waals surface area contributed by atoms with Crippen molar-refractivity contribution in [1.82, 2.24) is 25.4 Å². The van der Waals surface area contributed by atoms with Crippen LogP contribution in [0.15, 0.2) is 39.8 Å². The maximum Gasteiger partial charge on any atom is 0.140 e. The molecule has 0 aromatic carbocycles. The molecule has 2 aliphatic heterocycles. The number of rotatable bonds is 7. The highest BCUT2D eigenvalue weighted by atomic mass is 32.2. The monoisotopic (exact) mass is 411 g/mol. The van der Waals surface area contributed by atoms with E-state index >= 15 is 0 Å². The van der Waals surface area contributed by atoms with Gasteiger partial charge in [0.05, 0.1) is 17.0 Å². The second kappa shape index (κ2) is 8.87. The molecule has 1 aromatic rings. The van der Waals surface area contributed by atoms with Crippen LogP contribution in [0.2, 0.25) is 0 Å². The lowest BCUT2D eigenvalue weighted by atomic mass is 9.90. The van der Waals surface area contributed by atoms with Gasteiger partial charge < -0.3 is 16.0 Å². The molecule has 0 aliphatic carbocycles. The summed E-state index contributed by atoms with van der Waals surface area (Å²) in [4.78, 5) is 5.37. The number of nitriles is 1. The third kappa shape index (κ3) is 4.25. The van der Waals surface area contributed by atoms with E-state index in [0.717, 1.165) is 40.5 Å². The molecule has 0 radical (unpaired) electrons. The summed E-state index contributed by atoms with van der Waals surface area (Å²) in [7, 11) is 1.88. The van der Waals surface area contributed by atoms with Crippen LogP contribution in [0.1, 0.15) is 58.0 Å². The normalized spacial score (nSPS) is 22.2. The minimum Gasteiger partial charge on any atom is -0.364 e. The van der Waals surface area contributed by atoms with Crippen molar-refractivity contribution in [2.75, 3.05) is 0 Å². The summed E-state index contributed by atoms with van der Waals surface area (Å²) >= 11 is 1.68. The Morgan fingerprint density at radius 3 is 2.72 bits per heavy atom. The Morgan fingerprint density at radius 1 is 1.45 bits per heavy atom. The van der Waals surface area contributed by atoms with Crippen LogP contribution in [0.3, 0.4) is 0 Å². The van der Waals surface area contributed by atoms with Crippen LogP contribution < -0.4 is 10.6 Å². The Bertz CT molecular complexity index is 927. The second-order valence-electron chi connectivity index (χ2n) is 7.53. The Kier molecular flexibility index (Phi) is 6.48. The van der Waals surface area contributed by atoms with Gasteiger partial charge in [-0.25, -0.2) is 4.98 Å². The first-order chi connectivity index (χ1) is 13.9. The molecule has 2 atom stereocenters. The van der Waals surface area contributed by atoms with Gasteiger partial charge in [-0.05, 0) is 44.3 Å². The molecule has 2 unspecified atom stereocenters. The molecule has 154 valence electrons. The predicted molar refractivity (Wildman–Crippen MR) is 117 cm³/mol. The summed E-state index contributed by atoms with van der Waals surface area (Å²) in [6, 6.07) is 2.39. The van der Waals surface area contributed by atoms with E-state index in [9.17, 15) is 5.26 Å². The number of nitrogens with one attached hydrogen (secondary N) is 3. The lowest BCUT2D eigenvalue weighted by molar-refractivity contribution is 0.488. The molecule has 3 heterocycles. The van der Waals surface area contributed by atoms with Gasteiger partial charge in [-0.2, -0.15) is 10.4 Å². The number of allylic oxidation sites excluding steroid dienone is 3. The topological polar surface area (TPSA) is 102 Å². The third-order valence-corrected chi connectivity index (χ3v) is 6.87. The molecule has 29 heavy (non-hydrogen) atoms. The fourth-order valence-electron chi connectivity index (χ4n) is 4.01. The Morgan fingerprint density at radius 2 is 2.17 bits per heavy atom. The second-order valence-corrected chi connectivity index (χ2v) is 8.75. The first-order valence-electron chi connectivity index (χ1n) is 10.0. The summed E-state index contributed by atoms with van der Waals surface area (Å²) < 4.78 is 1.78. The van der Waals surface area contributed by atoms with Crippen molar-refractivity contribution in [2.45, 2.75) is 58.4 Å². The highest BCUT2D eigenvalue weighted by Gasteiger charge is 2.35. The van der Waals surface area contributed by atoms with Crippen molar-refractivity contribution >= 4 is 17.5 Å². The Hall–Kier alpha value is -2.53. The number of hydrogen-bond donors (Lipinski definition) is 3. The van der Waals surface area contributed by atoms with Crippen LogP contribution in [0.5, 0.6) is 0 Å². The van der Waals surface area contributed by atoms with E-state index in [1.807, 2.05) is 27.0 Å². The Balaban J connectivity index is 1.86. The van der Waals surface area contributed by atoms with Crippen LogP contribution in [-0.4, -0.2) is 26.6 Å². The van der Waals surface area contributed by atoms with Crippen molar-refractivity contribution in [3.63, 3.8) is 0 Å². The summed E-state index contributed by atoms with van der Waals surface area (Å²) in [6.07, 6.45) is 6.18. The highest BCUT2D eigenvalue weighted by Crippen LogP contribution is 2.50. The molecule has 3 rings (SSSR count). The van der Waals surface area contributed by atoms with Gasteiger partial charge in [0, 0.05) is 35.4 Å². The highest BCUT2D eigenvalue weighted by molar-refractivity contribution is 8.03. The van der Waals surface area contributed by atoms with Crippen molar-refractivity contribution in [3.8, 4) is 6.07 Å². The van der Waals surface area contributed by atoms with Crippen molar-refractivity contribution in [2.24, 2.45) is 13.0 Å².